The number of hydrogen-bond donors (Lipinski definition) is 1. The molecule has 0 unspecified atom stereocenters. The molecule has 0 fully saturated rings. The summed E-state index contributed by atoms with van der Waals surface area (Å²) in [5.74, 6) is -0.217. The Labute approximate surface area is 119 Å². The normalized spacial score (nSPS) is 9.30. The van der Waals surface area contributed by atoms with Crippen LogP contribution in [0, 0.1) is 0 Å². The summed E-state index contributed by atoms with van der Waals surface area (Å²) in [5, 5.41) is 8.54. The van der Waals surface area contributed by atoms with Gasteiger partial charge < -0.3 is 9.84 Å². The number of rotatable bonds is 4. The summed E-state index contributed by atoms with van der Waals surface area (Å²) in [6, 6.07) is 19.5. The SMILES string of the molecule is CC(=O)OCCc1ccccc1.OCc1ccccc1. The molecule has 0 aliphatic rings. The molecule has 0 aliphatic carbocycles. The number of carbonyl (C=O) groups excluding carboxylic acids is 1. The first-order valence-electron chi connectivity index (χ1n) is 6.54. The maximum absolute atomic E-state index is 10.4. The Morgan fingerprint density at radius 1 is 0.950 bits per heavy atom. The molecule has 0 aliphatic heterocycles. The molecule has 106 valence electrons. The second-order valence-electron chi connectivity index (χ2n) is 4.22. The highest BCUT2D eigenvalue weighted by molar-refractivity contribution is 5.65. The minimum Gasteiger partial charge on any atom is -0.466 e. The van der Waals surface area contributed by atoms with Gasteiger partial charge in [0.2, 0.25) is 0 Å². The van der Waals surface area contributed by atoms with Crippen molar-refractivity contribution in [2.45, 2.75) is 20.0 Å². The van der Waals surface area contributed by atoms with Crippen molar-refractivity contribution < 1.29 is 14.6 Å². The molecule has 0 amide bonds. The number of hydrogen-bond acceptors (Lipinski definition) is 3. The van der Waals surface area contributed by atoms with E-state index in [0.717, 1.165) is 12.0 Å². The minimum absolute atomic E-state index is 0.140. The number of ether oxygens (including phenoxy) is 1. The van der Waals surface area contributed by atoms with Crippen LogP contribution in [0.4, 0.5) is 0 Å². The second-order valence-corrected chi connectivity index (χ2v) is 4.22. The summed E-state index contributed by atoms with van der Waals surface area (Å²) < 4.78 is 4.81. The lowest BCUT2D eigenvalue weighted by Crippen LogP contribution is -2.02. The number of carbonyl (C=O) groups is 1. The Morgan fingerprint density at radius 3 is 1.85 bits per heavy atom. The topological polar surface area (TPSA) is 46.5 Å². The Balaban J connectivity index is 0.000000217. The fourth-order valence-electron chi connectivity index (χ4n) is 1.54. The van der Waals surface area contributed by atoms with Crippen molar-refractivity contribution in [1.29, 1.82) is 0 Å². The summed E-state index contributed by atoms with van der Waals surface area (Å²) in [6.45, 7) is 2.03. The largest absolute Gasteiger partial charge is 0.466 e. The van der Waals surface area contributed by atoms with E-state index in [9.17, 15) is 4.79 Å². The van der Waals surface area contributed by atoms with Crippen molar-refractivity contribution in [3.8, 4) is 0 Å². The van der Waals surface area contributed by atoms with Crippen LogP contribution in [-0.2, 0) is 22.6 Å². The van der Waals surface area contributed by atoms with Crippen LogP contribution in [0.15, 0.2) is 60.7 Å². The van der Waals surface area contributed by atoms with Crippen molar-refractivity contribution in [1.82, 2.24) is 0 Å². The molecule has 20 heavy (non-hydrogen) atoms. The van der Waals surface area contributed by atoms with Gasteiger partial charge in [-0.1, -0.05) is 60.7 Å². The van der Waals surface area contributed by atoms with E-state index in [1.807, 2.05) is 60.7 Å². The fraction of sp³-hybridized carbons (Fsp3) is 0.235. The number of aliphatic hydroxyl groups is 1. The molecule has 0 spiro atoms. The fourth-order valence-corrected chi connectivity index (χ4v) is 1.54. The lowest BCUT2D eigenvalue weighted by Gasteiger charge is -2.00. The van der Waals surface area contributed by atoms with Gasteiger partial charge in [-0.3, -0.25) is 4.79 Å². The second kappa shape index (κ2) is 9.75. The van der Waals surface area contributed by atoms with Crippen molar-refractivity contribution in [3.05, 3.63) is 71.8 Å². The summed E-state index contributed by atoms with van der Waals surface area (Å²) in [4.78, 5) is 10.4. The lowest BCUT2D eigenvalue weighted by molar-refractivity contribution is -0.140. The molecule has 0 saturated carbocycles. The molecule has 0 aromatic heterocycles. The molecule has 2 rings (SSSR count). The highest BCUT2D eigenvalue weighted by Crippen LogP contribution is 1.99. The molecule has 0 atom stereocenters. The molecule has 2 aromatic carbocycles. The third-order valence-electron chi connectivity index (χ3n) is 2.56. The number of aliphatic hydroxyl groups excluding tert-OH is 1. The maximum Gasteiger partial charge on any atom is 0.302 e. The van der Waals surface area contributed by atoms with Crippen LogP contribution in [0.1, 0.15) is 18.1 Å². The van der Waals surface area contributed by atoms with Gasteiger partial charge in [0.1, 0.15) is 0 Å². The van der Waals surface area contributed by atoms with Gasteiger partial charge >= 0.3 is 5.97 Å². The average molecular weight is 272 g/mol. The third-order valence-corrected chi connectivity index (χ3v) is 2.56. The lowest BCUT2D eigenvalue weighted by atomic mass is 10.2. The molecule has 3 nitrogen and oxygen atoms in total. The Kier molecular flexibility index (Phi) is 7.77. The van der Waals surface area contributed by atoms with E-state index in [1.165, 1.54) is 12.5 Å². The molecule has 0 bridgehead atoms. The molecule has 0 saturated heterocycles. The van der Waals surface area contributed by atoms with E-state index in [2.05, 4.69) is 0 Å². The first-order valence-corrected chi connectivity index (χ1v) is 6.54. The first kappa shape index (κ1) is 15.9. The summed E-state index contributed by atoms with van der Waals surface area (Å²) in [5.41, 5.74) is 2.16. The standard InChI is InChI=1S/C10H12O2.C7H8O/c1-9(11)12-8-7-10-5-3-2-4-6-10;8-6-7-4-2-1-3-5-7/h2-6H,7-8H2,1H3;1-5,8H,6H2. The molecule has 0 heterocycles. The van der Waals surface area contributed by atoms with Crippen LogP contribution in [0.2, 0.25) is 0 Å². The maximum atomic E-state index is 10.4. The van der Waals surface area contributed by atoms with Crippen LogP contribution in [-0.4, -0.2) is 17.7 Å². The quantitative estimate of drug-likeness (QED) is 0.870. The summed E-state index contributed by atoms with van der Waals surface area (Å²) in [6.07, 6.45) is 0.792. The summed E-state index contributed by atoms with van der Waals surface area (Å²) >= 11 is 0. The van der Waals surface area contributed by atoms with Crippen LogP contribution in [0.5, 0.6) is 0 Å². The Hall–Kier alpha value is -2.13. The summed E-state index contributed by atoms with van der Waals surface area (Å²) in [7, 11) is 0. The van der Waals surface area contributed by atoms with Gasteiger partial charge in [0.05, 0.1) is 13.2 Å². The molecular formula is C17H20O3. The Bertz CT molecular complexity index is 480. The van der Waals surface area contributed by atoms with E-state index in [0.29, 0.717) is 6.61 Å². The van der Waals surface area contributed by atoms with E-state index in [1.54, 1.807) is 0 Å². The number of esters is 1. The highest BCUT2D eigenvalue weighted by Gasteiger charge is 1.93. The van der Waals surface area contributed by atoms with E-state index >= 15 is 0 Å². The van der Waals surface area contributed by atoms with Gasteiger partial charge in [-0.25, -0.2) is 0 Å². The zero-order chi connectivity index (χ0) is 14.6. The van der Waals surface area contributed by atoms with Gasteiger partial charge in [-0.2, -0.15) is 0 Å². The molecular weight excluding hydrogens is 252 g/mol. The van der Waals surface area contributed by atoms with Gasteiger partial charge in [0, 0.05) is 13.3 Å². The predicted molar refractivity (Wildman–Crippen MR) is 79.1 cm³/mol. The molecule has 0 radical (unpaired) electrons. The van der Waals surface area contributed by atoms with Crippen LogP contribution < -0.4 is 0 Å². The molecule has 2 aromatic rings. The smallest absolute Gasteiger partial charge is 0.302 e. The molecule has 1 N–H and O–H groups in total. The van der Waals surface area contributed by atoms with Crippen molar-refractivity contribution >= 4 is 5.97 Å². The zero-order valence-electron chi connectivity index (χ0n) is 11.7. The van der Waals surface area contributed by atoms with Crippen molar-refractivity contribution in [2.24, 2.45) is 0 Å². The van der Waals surface area contributed by atoms with E-state index in [-0.39, 0.29) is 12.6 Å². The first-order chi connectivity index (χ1) is 9.72. The van der Waals surface area contributed by atoms with Crippen LogP contribution >= 0.6 is 0 Å². The highest BCUT2D eigenvalue weighted by atomic mass is 16.5. The predicted octanol–water partition coefficient (Wildman–Crippen LogP) is 2.97. The Morgan fingerprint density at radius 2 is 1.45 bits per heavy atom. The van der Waals surface area contributed by atoms with Gasteiger partial charge in [-0.05, 0) is 11.1 Å². The third kappa shape index (κ3) is 7.34. The zero-order valence-corrected chi connectivity index (χ0v) is 11.7. The van der Waals surface area contributed by atoms with Crippen LogP contribution in [0.3, 0.4) is 0 Å². The number of benzene rings is 2. The molecule has 3 heteroatoms. The van der Waals surface area contributed by atoms with Crippen molar-refractivity contribution in [3.63, 3.8) is 0 Å². The van der Waals surface area contributed by atoms with E-state index in [4.69, 9.17) is 9.84 Å². The monoisotopic (exact) mass is 272 g/mol. The van der Waals surface area contributed by atoms with Gasteiger partial charge in [0.25, 0.3) is 0 Å². The minimum atomic E-state index is -0.217. The van der Waals surface area contributed by atoms with Crippen molar-refractivity contribution in [2.75, 3.05) is 6.61 Å². The van der Waals surface area contributed by atoms with Gasteiger partial charge in [0.15, 0.2) is 0 Å². The average Bonchev–Trinajstić information content (AvgIpc) is 2.49. The van der Waals surface area contributed by atoms with Crippen LogP contribution in [0.25, 0.3) is 0 Å². The van der Waals surface area contributed by atoms with E-state index < -0.39 is 0 Å². The van der Waals surface area contributed by atoms with Gasteiger partial charge in [-0.15, -0.1) is 0 Å².